The third kappa shape index (κ3) is 2.71. The molecule has 3 heteroatoms. The van der Waals surface area contributed by atoms with Crippen LogP contribution in [0, 0.1) is 20.4 Å². The van der Waals surface area contributed by atoms with Crippen molar-refractivity contribution >= 4 is 23.1 Å². The van der Waals surface area contributed by atoms with E-state index in [2.05, 4.69) is 42.3 Å². The number of hydrogen-bond donors (Lipinski definition) is 0. The first kappa shape index (κ1) is 12.2. The molecule has 86 valence electrons. The van der Waals surface area contributed by atoms with Crippen molar-refractivity contribution < 1.29 is 0 Å². The van der Waals surface area contributed by atoms with E-state index < -0.39 is 0 Å². The number of aryl methyl sites for hydroxylation is 2. The molecule has 1 atom stereocenters. The smallest absolute Gasteiger partial charge is 0.295 e. The molecule has 0 amide bonds. The zero-order valence-corrected chi connectivity index (χ0v) is 11.4. The topological polar surface area (TPSA) is 4.36 Å². The number of rotatable bonds is 3. The summed E-state index contributed by atoms with van der Waals surface area (Å²) in [7, 11) is 0. The standard InChI is InChI=1S/C14H13NS2/c1-10-6-4-5-7-12(10)17-14(15-3)13-11(2)8-9-16-13/h4-9,14H,1-2H3. The molecule has 0 saturated heterocycles. The molecule has 0 N–H and O–H groups in total. The van der Waals surface area contributed by atoms with Gasteiger partial charge in [-0.25, -0.2) is 6.57 Å². The third-order valence-electron chi connectivity index (χ3n) is 2.58. The molecule has 0 spiro atoms. The largest absolute Gasteiger partial charge is 0.307 e. The zero-order chi connectivity index (χ0) is 12.3. The Bertz CT molecular complexity index is 551. The van der Waals surface area contributed by atoms with Crippen LogP contribution in [0.3, 0.4) is 0 Å². The Morgan fingerprint density at radius 1 is 1.18 bits per heavy atom. The quantitative estimate of drug-likeness (QED) is 0.549. The minimum Gasteiger partial charge on any atom is -0.295 e. The molecule has 2 rings (SSSR count). The predicted molar refractivity (Wildman–Crippen MR) is 75.4 cm³/mol. The monoisotopic (exact) mass is 259 g/mol. The molecule has 0 saturated carbocycles. The van der Waals surface area contributed by atoms with E-state index in [1.54, 1.807) is 23.1 Å². The molecule has 0 aliphatic carbocycles. The lowest BCUT2D eigenvalue weighted by molar-refractivity contribution is 1.21. The van der Waals surface area contributed by atoms with Crippen LogP contribution >= 0.6 is 23.1 Å². The zero-order valence-electron chi connectivity index (χ0n) is 9.81. The van der Waals surface area contributed by atoms with Gasteiger partial charge in [-0.15, -0.1) is 11.3 Å². The van der Waals surface area contributed by atoms with Crippen molar-refractivity contribution in [3.63, 3.8) is 0 Å². The number of thiophene rings is 1. The van der Waals surface area contributed by atoms with Crippen LogP contribution in [0.1, 0.15) is 21.4 Å². The highest BCUT2D eigenvalue weighted by molar-refractivity contribution is 7.99. The first-order valence-electron chi connectivity index (χ1n) is 5.35. The number of nitrogens with zero attached hydrogens (tertiary/aromatic N) is 1. The molecule has 0 aliphatic heterocycles. The fourth-order valence-corrected chi connectivity index (χ4v) is 3.73. The minimum absolute atomic E-state index is 0.115. The van der Waals surface area contributed by atoms with Crippen molar-refractivity contribution in [1.29, 1.82) is 0 Å². The maximum Gasteiger partial charge on any atom is 0.307 e. The normalized spacial score (nSPS) is 12.1. The SMILES string of the molecule is [C-]#[N+]C(Sc1ccccc1C)c1sccc1C. The molecule has 1 nitrogen and oxygen atoms in total. The average molecular weight is 259 g/mol. The van der Waals surface area contributed by atoms with Gasteiger partial charge in [0.25, 0.3) is 0 Å². The molecule has 1 unspecified atom stereocenters. The van der Waals surface area contributed by atoms with Crippen LogP contribution in [0.5, 0.6) is 0 Å². The van der Waals surface area contributed by atoms with Crippen LogP contribution in [0.4, 0.5) is 0 Å². The van der Waals surface area contributed by atoms with Crippen molar-refractivity contribution in [2.45, 2.75) is 24.1 Å². The maximum atomic E-state index is 7.36. The van der Waals surface area contributed by atoms with E-state index in [-0.39, 0.29) is 5.37 Å². The summed E-state index contributed by atoms with van der Waals surface area (Å²) in [6.45, 7) is 11.5. The van der Waals surface area contributed by atoms with Crippen molar-refractivity contribution in [1.82, 2.24) is 0 Å². The highest BCUT2D eigenvalue weighted by atomic mass is 32.2. The van der Waals surface area contributed by atoms with Crippen LogP contribution in [0.25, 0.3) is 4.85 Å². The summed E-state index contributed by atoms with van der Waals surface area (Å²) in [6, 6.07) is 10.3. The van der Waals surface area contributed by atoms with Gasteiger partial charge in [0.05, 0.1) is 0 Å². The van der Waals surface area contributed by atoms with E-state index in [1.807, 2.05) is 12.1 Å². The van der Waals surface area contributed by atoms with Gasteiger partial charge in [0, 0.05) is 4.90 Å². The van der Waals surface area contributed by atoms with E-state index in [0.717, 1.165) is 0 Å². The van der Waals surface area contributed by atoms with E-state index in [1.165, 1.54) is 20.9 Å². The molecule has 0 aliphatic rings. The Balaban J connectivity index is 2.26. The van der Waals surface area contributed by atoms with Crippen molar-refractivity contribution in [3.05, 3.63) is 63.1 Å². The second-order valence-corrected chi connectivity index (χ2v) is 5.90. The number of thioether (sulfide) groups is 1. The molecule has 1 heterocycles. The van der Waals surface area contributed by atoms with Crippen LogP contribution in [-0.2, 0) is 0 Å². The van der Waals surface area contributed by atoms with Gasteiger partial charge in [0.2, 0.25) is 0 Å². The lowest BCUT2D eigenvalue weighted by atomic mass is 10.2. The van der Waals surface area contributed by atoms with Crippen molar-refractivity contribution in [2.75, 3.05) is 0 Å². The first-order valence-corrected chi connectivity index (χ1v) is 7.11. The van der Waals surface area contributed by atoms with E-state index in [9.17, 15) is 0 Å². The molecular formula is C14H13NS2. The molecule has 2 aromatic rings. The summed E-state index contributed by atoms with van der Waals surface area (Å²) in [6.07, 6.45) is 0. The Morgan fingerprint density at radius 2 is 1.94 bits per heavy atom. The Kier molecular flexibility index (Phi) is 3.88. The highest BCUT2D eigenvalue weighted by Crippen LogP contribution is 2.41. The first-order chi connectivity index (χ1) is 8.22. The van der Waals surface area contributed by atoms with Gasteiger partial charge in [0.1, 0.15) is 4.88 Å². The van der Waals surface area contributed by atoms with Gasteiger partial charge in [0.15, 0.2) is 0 Å². The Hall–Kier alpha value is -1.24. The molecule has 0 radical (unpaired) electrons. The summed E-state index contributed by atoms with van der Waals surface area (Å²) in [5.41, 5.74) is 2.46. The molecule has 17 heavy (non-hydrogen) atoms. The lowest BCUT2D eigenvalue weighted by Crippen LogP contribution is -1.88. The van der Waals surface area contributed by atoms with Gasteiger partial charge in [-0.1, -0.05) is 18.2 Å². The van der Waals surface area contributed by atoms with Crippen molar-refractivity contribution in [2.24, 2.45) is 0 Å². The number of benzene rings is 1. The number of hydrogen-bond acceptors (Lipinski definition) is 2. The molecule has 1 aromatic carbocycles. The lowest BCUT2D eigenvalue weighted by Gasteiger charge is -2.07. The average Bonchev–Trinajstić information content (AvgIpc) is 2.75. The van der Waals surface area contributed by atoms with Crippen LogP contribution < -0.4 is 0 Å². The summed E-state index contributed by atoms with van der Waals surface area (Å²) in [4.78, 5) is 6.12. The van der Waals surface area contributed by atoms with Crippen LogP contribution in [0.2, 0.25) is 0 Å². The van der Waals surface area contributed by atoms with E-state index >= 15 is 0 Å². The summed E-state index contributed by atoms with van der Waals surface area (Å²) in [5.74, 6) is 0. The molecular weight excluding hydrogens is 246 g/mol. The van der Waals surface area contributed by atoms with Gasteiger partial charge >= 0.3 is 5.37 Å². The summed E-state index contributed by atoms with van der Waals surface area (Å²) >= 11 is 3.32. The second-order valence-electron chi connectivity index (χ2n) is 3.83. The van der Waals surface area contributed by atoms with Gasteiger partial charge < -0.3 is 0 Å². The summed E-state index contributed by atoms with van der Waals surface area (Å²) in [5, 5.41) is 1.94. The van der Waals surface area contributed by atoms with Crippen molar-refractivity contribution in [3.8, 4) is 0 Å². The third-order valence-corrected chi connectivity index (χ3v) is 5.07. The second kappa shape index (κ2) is 5.39. The van der Waals surface area contributed by atoms with E-state index in [4.69, 9.17) is 6.57 Å². The van der Waals surface area contributed by atoms with Gasteiger partial charge in [-0.3, -0.25) is 4.85 Å². The van der Waals surface area contributed by atoms with E-state index in [0.29, 0.717) is 0 Å². The highest BCUT2D eigenvalue weighted by Gasteiger charge is 2.21. The minimum atomic E-state index is -0.115. The fraction of sp³-hybridized carbons (Fsp3) is 0.214. The van der Waals surface area contributed by atoms with Crippen LogP contribution in [-0.4, -0.2) is 0 Å². The molecule has 0 fully saturated rings. The summed E-state index contributed by atoms with van der Waals surface area (Å²) < 4.78 is 0. The predicted octanol–water partition coefficient (Wildman–Crippen LogP) is 5.08. The van der Waals surface area contributed by atoms with Crippen LogP contribution in [0.15, 0.2) is 40.6 Å². The Morgan fingerprint density at radius 3 is 2.53 bits per heavy atom. The van der Waals surface area contributed by atoms with Gasteiger partial charge in [-0.2, -0.15) is 0 Å². The Labute approximate surface area is 110 Å². The molecule has 1 aromatic heterocycles. The maximum absolute atomic E-state index is 7.36. The molecule has 0 bridgehead atoms. The fourth-order valence-electron chi connectivity index (χ4n) is 1.58. The van der Waals surface area contributed by atoms with Gasteiger partial charge in [-0.05, 0) is 54.2 Å².